The second kappa shape index (κ2) is 10.2. The maximum absolute atomic E-state index is 12.7. The van der Waals surface area contributed by atoms with Crippen molar-refractivity contribution in [3.05, 3.63) is 28.8 Å². The lowest BCUT2D eigenvalue weighted by Gasteiger charge is -2.38. The van der Waals surface area contributed by atoms with E-state index in [1.807, 2.05) is 39.2 Å². The van der Waals surface area contributed by atoms with E-state index in [0.717, 1.165) is 46.6 Å². The lowest BCUT2D eigenvalue weighted by molar-refractivity contribution is -0.190. The predicted octanol–water partition coefficient (Wildman–Crippen LogP) is 4.20. The molecule has 2 heterocycles. The van der Waals surface area contributed by atoms with E-state index >= 15 is 0 Å². The minimum Gasteiger partial charge on any atom is -0.449 e. The Bertz CT molecular complexity index is 961. The smallest absolute Gasteiger partial charge is 0.422 e. The first-order chi connectivity index (χ1) is 15.0. The molecule has 0 spiro atoms. The van der Waals surface area contributed by atoms with Crippen molar-refractivity contribution in [1.29, 1.82) is 0 Å². The minimum absolute atomic E-state index is 0.136. The number of thiazole rings is 1. The molecule has 0 saturated carbocycles. The van der Waals surface area contributed by atoms with Gasteiger partial charge in [0.2, 0.25) is 0 Å². The molecule has 1 saturated heterocycles. The van der Waals surface area contributed by atoms with Gasteiger partial charge in [-0.3, -0.25) is 4.79 Å². The molecule has 32 heavy (non-hydrogen) atoms. The van der Waals surface area contributed by atoms with E-state index in [0.29, 0.717) is 6.42 Å². The number of carbonyl (C=O) groups is 2. The molecule has 1 aromatic carbocycles. The molecule has 1 aliphatic rings. The molecule has 2 aromatic rings. The summed E-state index contributed by atoms with van der Waals surface area (Å²) in [5, 5.41) is 1.04. The number of esters is 1. The van der Waals surface area contributed by atoms with Crippen molar-refractivity contribution in [1.82, 2.24) is 14.8 Å². The zero-order chi connectivity index (χ0) is 23.5. The summed E-state index contributed by atoms with van der Waals surface area (Å²) in [6.45, 7) is 1.44. The number of hydrogen-bond acceptors (Lipinski definition) is 6. The third-order valence-corrected chi connectivity index (χ3v) is 6.55. The van der Waals surface area contributed by atoms with Crippen LogP contribution in [0.1, 0.15) is 42.8 Å². The zero-order valence-electron chi connectivity index (χ0n) is 18.4. The van der Waals surface area contributed by atoms with Crippen LogP contribution in [0.25, 0.3) is 10.2 Å². The van der Waals surface area contributed by atoms with E-state index < -0.39 is 30.7 Å². The van der Waals surface area contributed by atoms with Gasteiger partial charge >= 0.3 is 18.1 Å². The highest BCUT2D eigenvalue weighted by molar-refractivity contribution is 7.18. The van der Waals surface area contributed by atoms with Gasteiger partial charge in [0.15, 0.2) is 6.61 Å². The Hall–Kier alpha value is -2.20. The molecule has 2 atom stereocenters. The molecule has 0 N–H and O–H groups in total. The number of rotatable bonds is 6. The van der Waals surface area contributed by atoms with E-state index in [-0.39, 0.29) is 12.5 Å². The van der Waals surface area contributed by atoms with Gasteiger partial charge in [-0.05, 0) is 63.5 Å². The van der Waals surface area contributed by atoms with Gasteiger partial charge in [0.1, 0.15) is 0 Å². The fourth-order valence-corrected chi connectivity index (χ4v) is 4.89. The van der Waals surface area contributed by atoms with Gasteiger partial charge in [-0.15, -0.1) is 11.3 Å². The largest absolute Gasteiger partial charge is 0.449 e. The number of hydrogen-bond donors (Lipinski definition) is 0. The van der Waals surface area contributed by atoms with Crippen molar-refractivity contribution < 1.29 is 27.5 Å². The molecule has 0 unspecified atom stereocenters. The Labute approximate surface area is 189 Å². The molecule has 0 aliphatic carbocycles. The van der Waals surface area contributed by atoms with Gasteiger partial charge in [-0.25, -0.2) is 9.78 Å². The number of ether oxygens (including phenoxy) is 1. The summed E-state index contributed by atoms with van der Waals surface area (Å²) >= 11 is 1.63. The number of alkyl halides is 3. The van der Waals surface area contributed by atoms with Crippen molar-refractivity contribution in [3.63, 3.8) is 0 Å². The molecule has 3 rings (SSSR count). The van der Waals surface area contributed by atoms with Gasteiger partial charge in [0.25, 0.3) is 0 Å². The summed E-state index contributed by atoms with van der Waals surface area (Å²) in [5.41, 5.74) is 1.66. The first-order valence-electron chi connectivity index (χ1n) is 10.6. The first kappa shape index (κ1) is 24.4. The van der Waals surface area contributed by atoms with Crippen LogP contribution in [0.5, 0.6) is 0 Å². The van der Waals surface area contributed by atoms with Crippen LogP contribution < -0.4 is 0 Å². The second-order valence-electron chi connectivity index (χ2n) is 8.59. The van der Waals surface area contributed by atoms with Crippen LogP contribution in [0, 0.1) is 5.92 Å². The van der Waals surface area contributed by atoms with Gasteiger partial charge in [0, 0.05) is 13.0 Å². The number of nitrogens with zero attached hydrogens (tertiary/aromatic N) is 3. The maximum atomic E-state index is 12.7. The summed E-state index contributed by atoms with van der Waals surface area (Å²) in [4.78, 5) is 32.9. The second-order valence-corrected chi connectivity index (χ2v) is 9.70. The Balaban J connectivity index is 1.77. The lowest BCUT2D eigenvalue weighted by Crippen LogP contribution is -2.45. The summed E-state index contributed by atoms with van der Waals surface area (Å²) < 4.78 is 42.4. The van der Waals surface area contributed by atoms with E-state index in [9.17, 15) is 22.8 Å². The normalized spacial score (nSPS) is 19.5. The van der Waals surface area contributed by atoms with Gasteiger partial charge in [-0.2, -0.15) is 13.2 Å². The summed E-state index contributed by atoms with van der Waals surface area (Å²) in [6, 6.07) is 5.39. The summed E-state index contributed by atoms with van der Waals surface area (Å²) in [6.07, 6.45) is -1.34. The van der Waals surface area contributed by atoms with Crippen LogP contribution in [0.4, 0.5) is 13.2 Å². The molecule has 1 fully saturated rings. The highest BCUT2D eigenvalue weighted by Gasteiger charge is 2.37. The van der Waals surface area contributed by atoms with Crippen molar-refractivity contribution >= 4 is 33.4 Å². The van der Waals surface area contributed by atoms with Gasteiger partial charge < -0.3 is 14.5 Å². The van der Waals surface area contributed by atoms with Crippen LogP contribution in [-0.2, 0) is 20.7 Å². The predicted molar refractivity (Wildman–Crippen MR) is 116 cm³/mol. The van der Waals surface area contributed by atoms with Crippen LogP contribution >= 0.6 is 11.3 Å². The monoisotopic (exact) mass is 471 g/mol. The zero-order valence-corrected chi connectivity index (χ0v) is 19.3. The number of fused-ring (bicyclic) bond motifs is 1. The van der Waals surface area contributed by atoms with E-state index in [2.05, 4.69) is 9.64 Å². The standard InChI is InChI=1S/C22H28F3N3O3S/c1-14-6-8-17(28(12-14)20(29)21(30)31-13-22(23,24)25)15-7-9-18-16(11-15)26-19(32-18)5-4-10-27(2)3/h7,9,11,14,17H,4-6,8,10,12-13H2,1-3H3/t14-,17+/m0/s1. The van der Waals surface area contributed by atoms with Crippen molar-refractivity contribution in [2.24, 2.45) is 5.92 Å². The third-order valence-electron chi connectivity index (χ3n) is 5.46. The SMILES string of the molecule is C[C@H]1CC[C@H](c2ccc3sc(CCCN(C)C)nc3c2)N(C(=O)C(=O)OCC(F)(F)F)C1. The topological polar surface area (TPSA) is 62.7 Å². The van der Waals surface area contributed by atoms with E-state index in [1.54, 1.807) is 11.3 Å². The Kier molecular flexibility index (Phi) is 7.76. The number of halogens is 3. The Morgan fingerprint density at radius 3 is 2.72 bits per heavy atom. The molecular formula is C22H28F3N3O3S. The van der Waals surface area contributed by atoms with E-state index in [1.165, 1.54) is 4.90 Å². The number of amides is 1. The molecule has 6 nitrogen and oxygen atoms in total. The van der Waals surface area contributed by atoms with Crippen LogP contribution in [0.3, 0.4) is 0 Å². The number of likely N-dealkylation sites (tertiary alicyclic amines) is 1. The molecule has 1 amide bonds. The number of carbonyl (C=O) groups excluding carboxylic acids is 2. The van der Waals surface area contributed by atoms with Crippen molar-refractivity contribution in [2.75, 3.05) is 33.8 Å². The molecule has 0 radical (unpaired) electrons. The van der Waals surface area contributed by atoms with Gasteiger partial charge in [-0.1, -0.05) is 13.0 Å². The van der Waals surface area contributed by atoms with Crippen molar-refractivity contribution in [2.45, 2.75) is 44.8 Å². The Morgan fingerprint density at radius 1 is 1.28 bits per heavy atom. The van der Waals surface area contributed by atoms with Crippen LogP contribution in [-0.4, -0.2) is 66.6 Å². The highest BCUT2D eigenvalue weighted by Crippen LogP contribution is 2.35. The minimum atomic E-state index is -4.68. The van der Waals surface area contributed by atoms with Crippen molar-refractivity contribution in [3.8, 4) is 0 Å². The number of piperidine rings is 1. The Morgan fingerprint density at radius 2 is 2.03 bits per heavy atom. The summed E-state index contributed by atoms with van der Waals surface area (Å²) in [5.74, 6) is -2.37. The molecule has 10 heteroatoms. The third kappa shape index (κ3) is 6.41. The molecule has 0 bridgehead atoms. The first-order valence-corrected chi connectivity index (χ1v) is 11.4. The van der Waals surface area contributed by atoms with Crippen LogP contribution in [0.2, 0.25) is 0 Å². The molecule has 176 valence electrons. The van der Waals surface area contributed by atoms with Crippen LogP contribution in [0.15, 0.2) is 18.2 Å². The maximum Gasteiger partial charge on any atom is 0.422 e. The number of aromatic nitrogens is 1. The van der Waals surface area contributed by atoms with E-state index in [4.69, 9.17) is 4.98 Å². The molecule has 1 aromatic heterocycles. The fourth-order valence-electron chi connectivity index (χ4n) is 3.90. The highest BCUT2D eigenvalue weighted by atomic mass is 32.1. The van der Waals surface area contributed by atoms with Gasteiger partial charge in [0.05, 0.1) is 21.3 Å². The number of benzene rings is 1. The fraction of sp³-hybridized carbons (Fsp3) is 0.591. The summed E-state index contributed by atoms with van der Waals surface area (Å²) in [7, 11) is 4.06. The molecule has 1 aliphatic heterocycles. The quantitative estimate of drug-likeness (QED) is 0.467. The molecular weight excluding hydrogens is 443 g/mol. The average Bonchev–Trinajstić information content (AvgIpc) is 3.12. The lowest BCUT2D eigenvalue weighted by atomic mass is 9.89. The number of aryl methyl sites for hydroxylation is 1. The average molecular weight is 472 g/mol.